The molecule has 12 heteroatoms. The van der Waals surface area contributed by atoms with Crippen LogP contribution in [0.5, 0.6) is 11.5 Å². The summed E-state index contributed by atoms with van der Waals surface area (Å²) in [7, 11) is 0. The number of nitrogen functional groups attached to an aromatic ring is 1. The third-order valence-corrected chi connectivity index (χ3v) is 9.81. The second kappa shape index (κ2) is 13.2. The van der Waals surface area contributed by atoms with E-state index in [1.165, 1.54) is 6.33 Å². The number of amides is 1. The lowest BCUT2D eigenvalue weighted by atomic mass is 9.92. The number of nitrogens with zero attached hydrogens (tertiary/aromatic N) is 7. The van der Waals surface area contributed by atoms with Crippen molar-refractivity contribution in [2.45, 2.75) is 64.1 Å². The molecule has 3 aliphatic heterocycles. The summed E-state index contributed by atoms with van der Waals surface area (Å²) in [5.74, 6) is 2.35. The minimum Gasteiger partial charge on any atom is -0.457 e. The first-order valence-corrected chi connectivity index (χ1v) is 17.1. The molecule has 0 saturated carbocycles. The lowest BCUT2D eigenvalue weighted by molar-refractivity contribution is -0.0112. The predicted octanol–water partition coefficient (Wildman–Crippen LogP) is 4.92. The highest BCUT2D eigenvalue weighted by molar-refractivity contribution is 5.84. The van der Waals surface area contributed by atoms with Gasteiger partial charge in [-0.25, -0.2) is 19.6 Å². The van der Waals surface area contributed by atoms with Crippen LogP contribution in [0.3, 0.4) is 0 Å². The average molecular weight is 655 g/mol. The summed E-state index contributed by atoms with van der Waals surface area (Å²) in [6, 6.07) is 17.6. The molecule has 0 spiro atoms. The fraction of sp³-hybridized carbons (Fsp3) is 0.500. The van der Waals surface area contributed by atoms with Crippen molar-refractivity contribution < 1.29 is 14.3 Å². The lowest BCUT2D eigenvalue weighted by Gasteiger charge is -2.48. The highest BCUT2D eigenvalue weighted by atomic mass is 16.6. The number of imidazole rings is 1. The van der Waals surface area contributed by atoms with Gasteiger partial charge in [0, 0.05) is 57.9 Å². The number of anilines is 1. The molecule has 2 aromatic carbocycles. The van der Waals surface area contributed by atoms with Crippen LogP contribution in [-0.2, 0) is 4.74 Å². The minimum absolute atomic E-state index is 0.0283. The van der Waals surface area contributed by atoms with E-state index in [4.69, 9.17) is 15.2 Å². The van der Waals surface area contributed by atoms with Gasteiger partial charge < -0.3 is 25.0 Å². The van der Waals surface area contributed by atoms with Gasteiger partial charge in [-0.2, -0.15) is 0 Å². The van der Waals surface area contributed by atoms with Crippen LogP contribution in [0.15, 0.2) is 65.7 Å². The Morgan fingerprint density at radius 1 is 0.875 bits per heavy atom. The Balaban J connectivity index is 0.950. The van der Waals surface area contributed by atoms with Crippen LogP contribution >= 0.6 is 0 Å². The monoisotopic (exact) mass is 654 g/mol. The van der Waals surface area contributed by atoms with E-state index in [0.717, 1.165) is 77.2 Å². The number of carbonyl (C=O) groups excluding carboxylic acids is 1. The number of fused-ring (bicyclic) bond motifs is 1. The normalized spacial score (nSPS) is 19.0. The molecule has 254 valence electrons. The van der Waals surface area contributed by atoms with Crippen molar-refractivity contribution in [2.75, 3.05) is 51.5 Å². The Hall–Kier alpha value is -4.42. The van der Waals surface area contributed by atoms with E-state index in [1.807, 2.05) is 84.8 Å². The Morgan fingerprint density at radius 3 is 2.19 bits per heavy atom. The molecule has 3 saturated heterocycles. The highest BCUT2D eigenvalue weighted by Crippen LogP contribution is 2.31. The number of likely N-dealkylation sites (tertiary alicyclic amines) is 3. The molecule has 48 heavy (non-hydrogen) atoms. The zero-order valence-electron chi connectivity index (χ0n) is 28.1. The number of hydrogen-bond donors (Lipinski definition) is 1. The molecule has 7 rings (SSSR count). The molecule has 0 aliphatic carbocycles. The zero-order chi connectivity index (χ0) is 33.4. The quantitative estimate of drug-likeness (QED) is 0.296. The number of aromatic nitrogens is 4. The van der Waals surface area contributed by atoms with Gasteiger partial charge in [0.2, 0.25) is 0 Å². The topological polar surface area (TPSA) is 124 Å². The maximum atomic E-state index is 14.1. The van der Waals surface area contributed by atoms with Gasteiger partial charge in [-0.15, -0.1) is 0 Å². The van der Waals surface area contributed by atoms with Gasteiger partial charge in [0.1, 0.15) is 28.9 Å². The fourth-order valence-electron chi connectivity index (χ4n) is 7.41. The number of rotatable bonds is 7. The lowest BCUT2D eigenvalue weighted by Crippen LogP contribution is -2.58. The molecule has 4 aromatic rings. The number of ether oxygens (including phenoxy) is 2. The van der Waals surface area contributed by atoms with E-state index in [9.17, 15) is 9.59 Å². The maximum absolute atomic E-state index is 14.1. The van der Waals surface area contributed by atoms with Gasteiger partial charge in [0.15, 0.2) is 11.5 Å². The van der Waals surface area contributed by atoms with Crippen LogP contribution in [0.2, 0.25) is 0 Å². The molecule has 3 aliphatic rings. The van der Waals surface area contributed by atoms with Gasteiger partial charge in [-0.3, -0.25) is 14.0 Å². The first-order valence-electron chi connectivity index (χ1n) is 17.1. The average Bonchev–Trinajstić information content (AvgIpc) is 3.36. The summed E-state index contributed by atoms with van der Waals surface area (Å²) in [6.07, 6.45) is 4.97. The van der Waals surface area contributed by atoms with E-state index in [-0.39, 0.29) is 23.6 Å². The Kier molecular flexibility index (Phi) is 8.86. The number of carbonyl (C=O) groups is 1. The van der Waals surface area contributed by atoms with Crippen LogP contribution in [0.4, 0.5) is 10.6 Å². The maximum Gasteiger partial charge on any atom is 0.410 e. The van der Waals surface area contributed by atoms with E-state index in [0.29, 0.717) is 34.6 Å². The van der Waals surface area contributed by atoms with Crippen molar-refractivity contribution in [3.8, 4) is 17.2 Å². The molecule has 0 radical (unpaired) electrons. The Labute approximate surface area is 281 Å². The summed E-state index contributed by atoms with van der Waals surface area (Å²) < 4.78 is 15.0. The van der Waals surface area contributed by atoms with Crippen molar-refractivity contribution in [1.29, 1.82) is 0 Å². The molecular weight excluding hydrogens is 608 g/mol. The molecule has 5 heterocycles. The molecular formula is C36H46N8O4. The van der Waals surface area contributed by atoms with E-state index in [2.05, 4.69) is 19.8 Å². The van der Waals surface area contributed by atoms with Crippen LogP contribution in [0.25, 0.3) is 16.9 Å². The summed E-state index contributed by atoms with van der Waals surface area (Å²) >= 11 is 0. The molecule has 12 nitrogen and oxygen atoms in total. The van der Waals surface area contributed by atoms with E-state index in [1.54, 1.807) is 4.57 Å². The Bertz CT molecular complexity index is 1780. The molecule has 1 amide bonds. The van der Waals surface area contributed by atoms with Crippen molar-refractivity contribution in [1.82, 2.24) is 33.8 Å². The van der Waals surface area contributed by atoms with E-state index < -0.39 is 5.60 Å². The molecule has 0 unspecified atom stereocenters. The van der Waals surface area contributed by atoms with Crippen molar-refractivity contribution in [3.63, 3.8) is 0 Å². The zero-order valence-corrected chi connectivity index (χ0v) is 28.1. The Morgan fingerprint density at radius 2 is 1.52 bits per heavy atom. The number of nitrogens with two attached hydrogens (primary N) is 1. The summed E-state index contributed by atoms with van der Waals surface area (Å²) in [5, 5.41) is 0. The number of benzene rings is 2. The molecule has 2 aromatic heterocycles. The SMILES string of the molecule is CC(C)(C)OC(=O)N1CCC(N2CC(CN3CCC(n4c(=O)n(-c5ccc(Oc6ccccc6)cc5)c5c(N)ncnc54)CC3)C2)CC1. The first-order chi connectivity index (χ1) is 23.1. The van der Waals surface area contributed by atoms with Crippen molar-refractivity contribution in [3.05, 3.63) is 71.4 Å². The number of piperidine rings is 2. The largest absolute Gasteiger partial charge is 0.457 e. The predicted molar refractivity (Wildman–Crippen MR) is 185 cm³/mol. The number of para-hydroxylation sites is 1. The van der Waals surface area contributed by atoms with Gasteiger partial charge in [-0.05, 0) is 88.8 Å². The van der Waals surface area contributed by atoms with Gasteiger partial charge in [0.25, 0.3) is 0 Å². The second-order valence-electron chi connectivity index (χ2n) is 14.4. The standard InChI is InChI=1S/C36H46N8O4/c1-36(2,3)48-35(46)41-19-15-26(16-20-41)42-22-25(23-42)21-40-17-13-28(14-18-40)44-33-31(32(37)38-24-39-33)43(34(44)45)27-9-11-30(12-10-27)47-29-7-5-4-6-8-29/h4-12,24-26,28H,13-23H2,1-3H3,(H2,37,38,39). The summed E-state index contributed by atoms with van der Waals surface area (Å²) in [4.78, 5) is 42.3. The van der Waals surface area contributed by atoms with Gasteiger partial charge in [-0.1, -0.05) is 18.2 Å². The highest BCUT2D eigenvalue weighted by Gasteiger charge is 2.37. The van der Waals surface area contributed by atoms with Crippen LogP contribution in [0.1, 0.15) is 52.5 Å². The first kappa shape index (κ1) is 32.1. The molecule has 0 atom stereocenters. The molecule has 2 N–H and O–H groups in total. The smallest absolute Gasteiger partial charge is 0.410 e. The van der Waals surface area contributed by atoms with Crippen LogP contribution in [0, 0.1) is 5.92 Å². The molecule has 0 bridgehead atoms. The van der Waals surface area contributed by atoms with Crippen molar-refractivity contribution in [2.24, 2.45) is 5.92 Å². The second-order valence-corrected chi connectivity index (χ2v) is 14.4. The van der Waals surface area contributed by atoms with Crippen LogP contribution in [-0.4, -0.2) is 97.4 Å². The van der Waals surface area contributed by atoms with Crippen LogP contribution < -0.4 is 16.2 Å². The number of hydrogen-bond acceptors (Lipinski definition) is 9. The van der Waals surface area contributed by atoms with Crippen molar-refractivity contribution >= 4 is 23.1 Å². The third-order valence-electron chi connectivity index (χ3n) is 9.81. The fourth-order valence-corrected chi connectivity index (χ4v) is 7.41. The summed E-state index contributed by atoms with van der Waals surface area (Å²) in [5.41, 5.74) is 7.54. The minimum atomic E-state index is -0.462. The summed E-state index contributed by atoms with van der Waals surface area (Å²) in [6.45, 7) is 12.4. The van der Waals surface area contributed by atoms with E-state index >= 15 is 0 Å². The third kappa shape index (κ3) is 6.77. The molecule has 3 fully saturated rings. The van der Waals surface area contributed by atoms with Gasteiger partial charge in [0.05, 0.1) is 5.69 Å². The van der Waals surface area contributed by atoms with Gasteiger partial charge >= 0.3 is 11.8 Å².